The van der Waals surface area contributed by atoms with E-state index in [1.165, 1.54) is 17.9 Å². The summed E-state index contributed by atoms with van der Waals surface area (Å²) < 4.78 is 26.7. The topological polar surface area (TPSA) is 46.3 Å². The Hall–Kier alpha value is -1.49. The van der Waals surface area contributed by atoms with E-state index in [1.54, 1.807) is 0 Å². The first-order valence-electron chi connectivity index (χ1n) is 5.90. The molecule has 0 aromatic heterocycles. The highest BCUT2D eigenvalue weighted by Crippen LogP contribution is 2.20. The van der Waals surface area contributed by atoms with Crippen LogP contribution in [0, 0.1) is 24.5 Å². The molecule has 3 nitrogen and oxygen atoms in total. The number of rotatable bonds is 1. The van der Waals surface area contributed by atoms with Gasteiger partial charge in [-0.3, -0.25) is 4.79 Å². The lowest BCUT2D eigenvalue weighted by atomic mass is 10.1. The summed E-state index contributed by atoms with van der Waals surface area (Å²) in [5.74, 6) is -1.69. The van der Waals surface area contributed by atoms with E-state index in [0.717, 1.165) is 6.07 Å². The second-order valence-electron chi connectivity index (χ2n) is 4.93. The summed E-state index contributed by atoms with van der Waals surface area (Å²) in [5, 5.41) is 0. The number of aryl methyl sites for hydroxylation is 1. The Bertz CT molecular complexity index is 480. The molecule has 1 aromatic rings. The zero-order valence-electron chi connectivity index (χ0n) is 10.4. The quantitative estimate of drug-likeness (QED) is 0.829. The second kappa shape index (κ2) is 4.65. The van der Waals surface area contributed by atoms with Gasteiger partial charge in [-0.05, 0) is 24.5 Å². The third-order valence-corrected chi connectivity index (χ3v) is 3.44. The minimum atomic E-state index is -0.823. The summed E-state index contributed by atoms with van der Waals surface area (Å²) in [4.78, 5) is 13.6. The van der Waals surface area contributed by atoms with Gasteiger partial charge in [-0.1, -0.05) is 6.92 Å². The first-order valence-corrected chi connectivity index (χ1v) is 5.90. The molecule has 0 bridgehead atoms. The van der Waals surface area contributed by atoms with Crippen LogP contribution in [0.4, 0.5) is 8.78 Å². The van der Waals surface area contributed by atoms with Crippen molar-refractivity contribution in [1.29, 1.82) is 0 Å². The van der Waals surface area contributed by atoms with Crippen molar-refractivity contribution in [2.75, 3.05) is 13.1 Å². The molecule has 0 aliphatic carbocycles. The van der Waals surface area contributed by atoms with Gasteiger partial charge in [-0.15, -0.1) is 0 Å². The van der Waals surface area contributed by atoms with E-state index < -0.39 is 17.5 Å². The number of nitrogens with two attached hydrogens (primary N) is 1. The Labute approximate surface area is 105 Å². The number of halogens is 2. The Morgan fingerprint density at radius 3 is 2.56 bits per heavy atom. The molecule has 2 N–H and O–H groups in total. The maximum Gasteiger partial charge on any atom is 0.256 e. The van der Waals surface area contributed by atoms with Crippen LogP contribution in [0.1, 0.15) is 22.8 Å². The van der Waals surface area contributed by atoms with Crippen LogP contribution in [0.2, 0.25) is 0 Å². The van der Waals surface area contributed by atoms with Crippen LogP contribution >= 0.6 is 0 Å². The van der Waals surface area contributed by atoms with Crippen LogP contribution in [-0.4, -0.2) is 29.9 Å². The summed E-state index contributed by atoms with van der Waals surface area (Å²) in [7, 11) is 0. The molecule has 5 heteroatoms. The summed E-state index contributed by atoms with van der Waals surface area (Å²) in [5.41, 5.74) is 6.00. The van der Waals surface area contributed by atoms with Crippen molar-refractivity contribution in [2.45, 2.75) is 19.9 Å². The van der Waals surface area contributed by atoms with Crippen LogP contribution in [0.3, 0.4) is 0 Å². The van der Waals surface area contributed by atoms with Crippen molar-refractivity contribution in [3.63, 3.8) is 0 Å². The predicted molar refractivity (Wildman–Crippen MR) is 64.1 cm³/mol. The molecule has 1 aliphatic heterocycles. The van der Waals surface area contributed by atoms with Gasteiger partial charge < -0.3 is 10.6 Å². The third-order valence-electron chi connectivity index (χ3n) is 3.44. The normalized spacial score (nSPS) is 23.5. The first kappa shape index (κ1) is 13.0. The predicted octanol–water partition coefficient (Wildman–Crippen LogP) is 1.69. The molecule has 2 atom stereocenters. The molecule has 1 fully saturated rings. The van der Waals surface area contributed by atoms with Crippen LogP contribution < -0.4 is 5.73 Å². The van der Waals surface area contributed by atoms with Gasteiger partial charge in [-0.2, -0.15) is 0 Å². The Morgan fingerprint density at radius 1 is 1.33 bits per heavy atom. The summed E-state index contributed by atoms with van der Waals surface area (Å²) >= 11 is 0. The standard InChI is InChI=1S/C13H16F2N2O/c1-7-3-9(11(15)4-10(7)14)13(18)17-5-8(2)12(16)6-17/h3-4,8,12H,5-6,16H2,1-2H3. The van der Waals surface area contributed by atoms with Crippen LogP contribution in [0.5, 0.6) is 0 Å². The lowest BCUT2D eigenvalue weighted by molar-refractivity contribution is 0.0782. The van der Waals surface area contributed by atoms with Crippen molar-refractivity contribution in [3.05, 3.63) is 34.9 Å². The Kier molecular flexibility index (Phi) is 3.34. The molecular formula is C13H16F2N2O. The Balaban J connectivity index is 2.27. The zero-order chi connectivity index (χ0) is 13.4. The van der Waals surface area contributed by atoms with E-state index in [4.69, 9.17) is 5.73 Å². The fourth-order valence-electron chi connectivity index (χ4n) is 2.15. The second-order valence-corrected chi connectivity index (χ2v) is 4.93. The van der Waals surface area contributed by atoms with Crippen LogP contribution in [0.25, 0.3) is 0 Å². The van der Waals surface area contributed by atoms with E-state index in [2.05, 4.69) is 0 Å². The highest BCUT2D eigenvalue weighted by molar-refractivity contribution is 5.95. The number of benzene rings is 1. The van der Waals surface area contributed by atoms with Gasteiger partial charge >= 0.3 is 0 Å². The molecule has 2 unspecified atom stereocenters. The molecule has 98 valence electrons. The van der Waals surface area contributed by atoms with Gasteiger partial charge in [0.25, 0.3) is 5.91 Å². The van der Waals surface area contributed by atoms with Gasteiger partial charge in [0.05, 0.1) is 5.56 Å². The van der Waals surface area contributed by atoms with Gasteiger partial charge in [0.1, 0.15) is 11.6 Å². The number of carbonyl (C=O) groups is 1. The Morgan fingerprint density at radius 2 is 2.00 bits per heavy atom. The molecular weight excluding hydrogens is 238 g/mol. The van der Waals surface area contributed by atoms with Crippen molar-refractivity contribution in [1.82, 2.24) is 4.90 Å². The average Bonchev–Trinajstić information content (AvgIpc) is 2.63. The van der Waals surface area contributed by atoms with E-state index in [0.29, 0.717) is 13.1 Å². The van der Waals surface area contributed by atoms with Crippen LogP contribution in [-0.2, 0) is 0 Å². The maximum atomic E-state index is 13.6. The largest absolute Gasteiger partial charge is 0.337 e. The molecule has 0 saturated carbocycles. The van der Waals surface area contributed by atoms with Crippen molar-refractivity contribution in [3.8, 4) is 0 Å². The number of carbonyl (C=O) groups excluding carboxylic acids is 1. The number of hydrogen-bond donors (Lipinski definition) is 1. The molecule has 18 heavy (non-hydrogen) atoms. The molecule has 1 aromatic carbocycles. The van der Waals surface area contributed by atoms with Crippen molar-refractivity contribution < 1.29 is 13.6 Å². The van der Waals surface area contributed by atoms with E-state index in [9.17, 15) is 13.6 Å². The van der Waals surface area contributed by atoms with Crippen molar-refractivity contribution >= 4 is 5.91 Å². The van der Waals surface area contributed by atoms with Gasteiger partial charge in [0, 0.05) is 25.2 Å². The molecule has 1 aliphatic rings. The summed E-state index contributed by atoms with van der Waals surface area (Å²) in [6.07, 6.45) is 0. The van der Waals surface area contributed by atoms with Gasteiger partial charge in [0.15, 0.2) is 0 Å². The van der Waals surface area contributed by atoms with E-state index >= 15 is 0 Å². The first-order chi connectivity index (χ1) is 8.40. The lowest BCUT2D eigenvalue weighted by Crippen LogP contribution is -2.32. The summed E-state index contributed by atoms with van der Waals surface area (Å²) in [6.45, 7) is 4.37. The van der Waals surface area contributed by atoms with Crippen LogP contribution in [0.15, 0.2) is 12.1 Å². The van der Waals surface area contributed by atoms with Gasteiger partial charge in [0.2, 0.25) is 0 Å². The number of nitrogens with zero attached hydrogens (tertiary/aromatic N) is 1. The van der Waals surface area contributed by atoms with Crippen molar-refractivity contribution in [2.24, 2.45) is 11.7 Å². The molecule has 1 saturated heterocycles. The lowest BCUT2D eigenvalue weighted by Gasteiger charge is -2.16. The SMILES string of the molecule is Cc1cc(C(=O)N2CC(C)C(N)C2)c(F)cc1F. The monoisotopic (exact) mass is 254 g/mol. The fourth-order valence-corrected chi connectivity index (χ4v) is 2.15. The number of amides is 1. The average molecular weight is 254 g/mol. The van der Waals surface area contributed by atoms with Gasteiger partial charge in [-0.25, -0.2) is 8.78 Å². The molecule has 2 rings (SSSR count). The highest BCUT2D eigenvalue weighted by atomic mass is 19.1. The fraction of sp³-hybridized carbons (Fsp3) is 0.462. The molecule has 1 heterocycles. The third kappa shape index (κ3) is 2.22. The zero-order valence-corrected chi connectivity index (χ0v) is 10.4. The molecule has 1 amide bonds. The highest BCUT2D eigenvalue weighted by Gasteiger charge is 2.31. The smallest absolute Gasteiger partial charge is 0.256 e. The minimum absolute atomic E-state index is 0.0847. The maximum absolute atomic E-state index is 13.6. The molecule has 0 radical (unpaired) electrons. The van der Waals surface area contributed by atoms with E-state index in [-0.39, 0.29) is 23.1 Å². The number of hydrogen-bond acceptors (Lipinski definition) is 2. The van der Waals surface area contributed by atoms with E-state index in [1.807, 2.05) is 6.92 Å². The summed E-state index contributed by atoms with van der Waals surface area (Å²) in [6, 6.07) is 1.92. The minimum Gasteiger partial charge on any atom is -0.337 e. The molecule has 0 spiro atoms. The number of likely N-dealkylation sites (tertiary alicyclic amines) is 1.